The van der Waals surface area contributed by atoms with Crippen molar-refractivity contribution in [3.05, 3.63) is 18.0 Å². The van der Waals surface area contributed by atoms with E-state index < -0.39 is 6.17 Å². The number of amides is 1. The molecule has 1 aromatic heterocycles. The molecule has 0 aromatic carbocycles. The minimum Gasteiger partial charge on any atom is -0.341 e. The van der Waals surface area contributed by atoms with Gasteiger partial charge in [0.05, 0.1) is 6.04 Å². The van der Waals surface area contributed by atoms with Gasteiger partial charge in [0.25, 0.3) is 0 Å². The zero-order valence-corrected chi connectivity index (χ0v) is 10.8. The number of aromatic amines is 1. The summed E-state index contributed by atoms with van der Waals surface area (Å²) in [5, 5.41) is 9.92. The average Bonchev–Trinajstić information content (AvgIpc) is 3.09. The van der Waals surface area contributed by atoms with Crippen LogP contribution in [0.1, 0.15) is 30.9 Å². The number of hydrogen-bond acceptors (Lipinski definition) is 3. The lowest BCUT2D eigenvalue weighted by Gasteiger charge is -2.33. The molecule has 3 heterocycles. The normalized spacial score (nSPS) is 28.8. The number of carbonyl (C=O) groups excluding carboxylic acids is 1. The highest BCUT2D eigenvalue weighted by Gasteiger charge is 2.34. The van der Waals surface area contributed by atoms with E-state index in [4.69, 9.17) is 0 Å². The highest BCUT2D eigenvalue weighted by atomic mass is 19.1. The van der Waals surface area contributed by atoms with Crippen LogP contribution in [-0.2, 0) is 4.79 Å². The van der Waals surface area contributed by atoms with Crippen LogP contribution < -0.4 is 5.32 Å². The molecule has 1 aromatic rings. The summed E-state index contributed by atoms with van der Waals surface area (Å²) in [6, 6.07) is 1.67. The van der Waals surface area contributed by atoms with Crippen LogP contribution in [0.4, 0.5) is 4.39 Å². The Morgan fingerprint density at radius 2 is 2.21 bits per heavy atom. The number of carbonyl (C=O) groups is 1. The SMILES string of the molecule is O=C([C@H]1C[C@H](F)CN1)N1CCC(c2ccn[nH]2)CC1. The van der Waals surface area contributed by atoms with Crippen LogP contribution in [0.25, 0.3) is 0 Å². The summed E-state index contributed by atoms with van der Waals surface area (Å²) in [7, 11) is 0. The standard InChI is InChI=1S/C13H19FN4O/c14-10-7-12(15-8-10)13(19)18-5-2-9(3-6-18)11-1-4-16-17-11/h1,4,9-10,12,15H,2-3,5-8H2,(H,16,17)/t10-,12+/m0/s1. The van der Waals surface area contributed by atoms with Crippen molar-refractivity contribution in [3.63, 3.8) is 0 Å². The fourth-order valence-corrected chi connectivity index (χ4v) is 3.01. The molecule has 104 valence electrons. The molecule has 3 rings (SSSR count). The van der Waals surface area contributed by atoms with E-state index in [0.29, 0.717) is 18.9 Å². The third-order valence-corrected chi connectivity index (χ3v) is 4.14. The highest BCUT2D eigenvalue weighted by Crippen LogP contribution is 2.27. The van der Waals surface area contributed by atoms with Gasteiger partial charge in [-0.1, -0.05) is 0 Å². The molecule has 2 atom stereocenters. The minimum atomic E-state index is -0.878. The van der Waals surface area contributed by atoms with E-state index in [0.717, 1.165) is 31.6 Å². The molecule has 19 heavy (non-hydrogen) atoms. The maximum Gasteiger partial charge on any atom is 0.239 e. The second kappa shape index (κ2) is 5.28. The minimum absolute atomic E-state index is 0.0585. The van der Waals surface area contributed by atoms with Crippen molar-refractivity contribution in [2.45, 2.75) is 37.4 Å². The first-order valence-corrected chi connectivity index (χ1v) is 6.89. The van der Waals surface area contributed by atoms with Crippen molar-refractivity contribution in [3.8, 4) is 0 Å². The van der Waals surface area contributed by atoms with E-state index in [-0.39, 0.29) is 11.9 Å². The molecule has 2 aliphatic rings. The van der Waals surface area contributed by atoms with Gasteiger partial charge >= 0.3 is 0 Å². The van der Waals surface area contributed by atoms with E-state index in [9.17, 15) is 9.18 Å². The molecule has 1 amide bonds. The van der Waals surface area contributed by atoms with Crippen LogP contribution >= 0.6 is 0 Å². The number of halogens is 1. The molecular formula is C13H19FN4O. The molecule has 2 N–H and O–H groups in total. The molecule has 0 spiro atoms. The number of likely N-dealkylation sites (tertiary alicyclic amines) is 1. The molecular weight excluding hydrogens is 247 g/mol. The van der Waals surface area contributed by atoms with Gasteiger partial charge < -0.3 is 10.2 Å². The van der Waals surface area contributed by atoms with Gasteiger partial charge in [-0.05, 0) is 18.9 Å². The van der Waals surface area contributed by atoms with Crippen LogP contribution in [0.15, 0.2) is 12.3 Å². The van der Waals surface area contributed by atoms with Gasteiger partial charge in [0.15, 0.2) is 0 Å². The number of aromatic nitrogens is 2. The maximum atomic E-state index is 13.1. The first-order chi connectivity index (χ1) is 9.24. The van der Waals surface area contributed by atoms with Crippen LogP contribution in [0.5, 0.6) is 0 Å². The Morgan fingerprint density at radius 3 is 2.79 bits per heavy atom. The van der Waals surface area contributed by atoms with Gasteiger partial charge in [0.1, 0.15) is 6.17 Å². The van der Waals surface area contributed by atoms with Crippen LogP contribution in [-0.4, -0.2) is 52.9 Å². The Labute approximate surface area is 111 Å². The largest absolute Gasteiger partial charge is 0.341 e. The third kappa shape index (κ3) is 2.63. The third-order valence-electron chi connectivity index (χ3n) is 4.14. The van der Waals surface area contributed by atoms with Gasteiger partial charge in [-0.2, -0.15) is 5.10 Å². The molecule has 0 aliphatic carbocycles. The summed E-state index contributed by atoms with van der Waals surface area (Å²) in [5.41, 5.74) is 1.15. The first kappa shape index (κ1) is 12.6. The number of rotatable bonds is 2. The summed E-state index contributed by atoms with van der Waals surface area (Å²) in [4.78, 5) is 14.1. The van der Waals surface area contributed by atoms with Crippen LogP contribution in [0.3, 0.4) is 0 Å². The average molecular weight is 266 g/mol. The van der Waals surface area contributed by atoms with E-state index in [1.54, 1.807) is 6.20 Å². The van der Waals surface area contributed by atoms with E-state index in [2.05, 4.69) is 15.5 Å². The molecule has 5 nitrogen and oxygen atoms in total. The highest BCUT2D eigenvalue weighted by molar-refractivity contribution is 5.82. The van der Waals surface area contributed by atoms with Gasteiger partial charge in [-0.15, -0.1) is 0 Å². The predicted octanol–water partition coefficient (Wildman–Crippen LogP) is 0.816. The summed E-state index contributed by atoms with van der Waals surface area (Å²) in [6.45, 7) is 1.80. The van der Waals surface area contributed by atoms with Gasteiger partial charge in [0, 0.05) is 43.9 Å². The number of nitrogens with zero attached hydrogens (tertiary/aromatic N) is 2. The number of H-pyrrole nitrogens is 1. The van der Waals surface area contributed by atoms with Crippen molar-refractivity contribution in [1.29, 1.82) is 0 Å². The van der Waals surface area contributed by atoms with Crippen LogP contribution in [0, 0.1) is 0 Å². The number of piperidine rings is 1. The summed E-state index contributed by atoms with van der Waals surface area (Å²) in [5.74, 6) is 0.514. The zero-order valence-electron chi connectivity index (χ0n) is 10.8. The Hall–Kier alpha value is -1.43. The summed E-state index contributed by atoms with van der Waals surface area (Å²) >= 11 is 0. The Balaban J connectivity index is 1.54. The second-order valence-electron chi connectivity index (χ2n) is 5.41. The summed E-state index contributed by atoms with van der Waals surface area (Å²) < 4.78 is 13.1. The Morgan fingerprint density at radius 1 is 1.42 bits per heavy atom. The summed E-state index contributed by atoms with van der Waals surface area (Å²) in [6.07, 6.45) is 3.09. The first-order valence-electron chi connectivity index (χ1n) is 6.89. The molecule has 2 fully saturated rings. The lowest BCUT2D eigenvalue weighted by Crippen LogP contribution is -2.46. The van der Waals surface area contributed by atoms with Crippen molar-refractivity contribution < 1.29 is 9.18 Å². The number of hydrogen-bond donors (Lipinski definition) is 2. The quantitative estimate of drug-likeness (QED) is 0.833. The monoisotopic (exact) mass is 266 g/mol. The van der Waals surface area contributed by atoms with Crippen molar-refractivity contribution in [1.82, 2.24) is 20.4 Å². The molecule has 0 unspecified atom stereocenters. The number of nitrogens with one attached hydrogen (secondary N) is 2. The molecule has 2 aliphatic heterocycles. The van der Waals surface area contributed by atoms with Crippen molar-refractivity contribution >= 4 is 5.91 Å². The van der Waals surface area contributed by atoms with E-state index in [1.807, 2.05) is 11.0 Å². The molecule has 6 heteroatoms. The molecule has 0 saturated carbocycles. The fraction of sp³-hybridized carbons (Fsp3) is 0.692. The second-order valence-corrected chi connectivity index (χ2v) is 5.41. The Bertz CT molecular complexity index is 428. The van der Waals surface area contributed by atoms with E-state index >= 15 is 0 Å². The lowest BCUT2D eigenvalue weighted by atomic mass is 9.93. The Kier molecular flexibility index (Phi) is 3.50. The molecule has 0 bridgehead atoms. The van der Waals surface area contributed by atoms with Crippen molar-refractivity contribution in [2.24, 2.45) is 0 Å². The van der Waals surface area contributed by atoms with Crippen molar-refractivity contribution in [2.75, 3.05) is 19.6 Å². The van der Waals surface area contributed by atoms with Gasteiger partial charge in [0.2, 0.25) is 5.91 Å². The van der Waals surface area contributed by atoms with Gasteiger partial charge in [-0.25, -0.2) is 4.39 Å². The smallest absolute Gasteiger partial charge is 0.239 e. The van der Waals surface area contributed by atoms with E-state index in [1.165, 1.54) is 0 Å². The molecule has 2 saturated heterocycles. The lowest BCUT2D eigenvalue weighted by molar-refractivity contribution is -0.134. The maximum absolute atomic E-state index is 13.1. The fourth-order valence-electron chi connectivity index (χ4n) is 3.01. The number of alkyl halides is 1. The zero-order chi connectivity index (χ0) is 13.2. The topological polar surface area (TPSA) is 61.0 Å². The van der Waals surface area contributed by atoms with Gasteiger partial charge in [-0.3, -0.25) is 9.89 Å². The van der Waals surface area contributed by atoms with Crippen LogP contribution in [0.2, 0.25) is 0 Å². The molecule has 0 radical (unpaired) electrons. The predicted molar refractivity (Wildman–Crippen MR) is 68.4 cm³/mol.